The molecule has 0 spiro atoms. The van der Waals surface area contributed by atoms with Gasteiger partial charge < -0.3 is 4.90 Å². The zero-order valence-corrected chi connectivity index (χ0v) is 10.4. The summed E-state index contributed by atoms with van der Waals surface area (Å²) in [4.78, 5) is 14.4. The fraction of sp³-hybridized carbons (Fsp3) is 0.118. The van der Waals surface area contributed by atoms with Gasteiger partial charge in [0.15, 0.2) is 0 Å². The predicted molar refractivity (Wildman–Crippen MR) is 74.5 cm³/mol. The van der Waals surface area contributed by atoms with Gasteiger partial charge in [0.25, 0.3) is 5.91 Å². The summed E-state index contributed by atoms with van der Waals surface area (Å²) in [5.41, 5.74) is 4.45. The number of benzene rings is 2. The normalized spacial score (nSPS) is 19.7. The Bertz CT molecular complexity index is 702. The van der Waals surface area contributed by atoms with Crippen LogP contribution in [0.2, 0.25) is 0 Å². The molecule has 2 aromatic carbocycles. The van der Waals surface area contributed by atoms with Gasteiger partial charge in [0, 0.05) is 11.8 Å². The van der Waals surface area contributed by atoms with Crippen LogP contribution in [0, 0.1) is 0 Å². The van der Waals surface area contributed by atoms with E-state index in [1.165, 1.54) is 11.1 Å². The average Bonchev–Trinajstić information content (AvgIpc) is 2.47. The van der Waals surface area contributed by atoms with Gasteiger partial charge in [-0.25, -0.2) is 0 Å². The van der Waals surface area contributed by atoms with E-state index >= 15 is 0 Å². The van der Waals surface area contributed by atoms with E-state index in [4.69, 9.17) is 0 Å². The zero-order chi connectivity index (χ0) is 12.8. The van der Waals surface area contributed by atoms with Crippen LogP contribution < -0.4 is 0 Å². The van der Waals surface area contributed by atoms with Crippen LogP contribution in [0.4, 0.5) is 0 Å². The lowest BCUT2D eigenvalue weighted by Crippen LogP contribution is -2.38. The molecule has 0 saturated carbocycles. The molecule has 1 unspecified atom stereocenters. The van der Waals surface area contributed by atoms with Crippen molar-refractivity contribution in [1.29, 1.82) is 0 Å². The summed E-state index contributed by atoms with van der Waals surface area (Å²) >= 11 is 0. The average molecular weight is 247 g/mol. The van der Waals surface area contributed by atoms with Gasteiger partial charge in [-0.15, -0.1) is 0 Å². The first-order valence-corrected chi connectivity index (χ1v) is 6.52. The minimum atomic E-state index is 0.109. The molecule has 0 radical (unpaired) electrons. The van der Waals surface area contributed by atoms with Gasteiger partial charge in [0.05, 0.1) is 6.04 Å². The highest BCUT2D eigenvalue weighted by Gasteiger charge is 2.34. The Morgan fingerprint density at radius 3 is 2.74 bits per heavy atom. The lowest BCUT2D eigenvalue weighted by atomic mass is 9.86. The van der Waals surface area contributed by atoms with Gasteiger partial charge in [-0.1, -0.05) is 42.5 Å². The molecule has 2 aliphatic heterocycles. The van der Waals surface area contributed by atoms with E-state index in [1.54, 1.807) is 0 Å². The lowest BCUT2D eigenvalue weighted by Gasteiger charge is -2.37. The van der Waals surface area contributed by atoms with Gasteiger partial charge in [-0.3, -0.25) is 4.79 Å². The van der Waals surface area contributed by atoms with E-state index in [0.717, 1.165) is 17.5 Å². The largest absolute Gasteiger partial charge is 0.307 e. The van der Waals surface area contributed by atoms with Gasteiger partial charge in [0.1, 0.15) is 0 Å². The summed E-state index contributed by atoms with van der Waals surface area (Å²) in [6.07, 6.45) is 4.84. The molecule has 0 fully saturated rings. The number of rotatable bonds is 0. The molecule has 0 aromatic heterocycles. The van der Waals surface area contributed by atoms with Crippen LogP contribution in [0.25, 0.3) is 6.08 Å². The maximum atomic E-state index is 12.5. The first-order valence-electron chi connectivity index (χ1n) is 6.52. The van der Waals surface area contributed by atoms with Crippen LogP contribution in [-0.4, -0.2) is 10.8 Å². The predicted octanol–water partition coefficient (Wildman–Crippen LogP) is 3.41. The number of amides is 1. The third-order valence-electron chi connectivity index (χ3n) is 4.00. The maximum Gasteiger partial charge on any atom is 0.258 e. The smallest absolute Gasteiger partial charge is 0.258 e. The first kappa shape index (κ1) is 10.6. The summed E-state index contributed by atoms with van der Waals surface area (Å²) in [7, 11) is 0. The topological polar surface area (TPSA) is 20.3 Å². The van der Waals surface area contributed by atoms with Crippen molar-refractivity contribution in [3.63, 3.8) is 0 Å². The number of carbonyl (C=O) groups excluding carboxylic acids is 1. The molecule has 19 heavy (non-hydrogen) atoms. The summed E-state index contributed by atoms with van der Waals surface area (Å²) in [6, 6.07) is 16.4. The third kappa shape index (κ3) is 1.46. The van der Waals surface area contributed by atoms with E-state index in [1.807, 2.05) is 47.5 Å². The lowest BCUT2D eigenvalue weighted by molar-refractivity contribution is 0.0743. The molecule has 2 heteroatoms. The monoisotopic (exact) mass is 247 g/mol. The van der Waals surface area contributed by atoms with E-state index in [-0.39, 0.29) is 11.9 Å². The third-order valence-corrected chi connectivity index (χ3v) is 4.00. The Labute approximate surface area is 112 Å². The Balaban J connectivity index is 1.89. The van der Waals surface area contributed by atoms with E-state index < -0.39 is 0 Å². The van der Waals surface area contributed by atoms with E-state index in [9.17, 15) is 4.79 Å². The van der Waals surface area contributed by atoms with Crippen molar-refractivity contribution >= 4 is 12.0 Å². The zero-order valence-electron chi connectivity index (χ0n) is 10.4. The molecule has 0 saturated heterocycles. The Morgan fingerprint density at radius 1 is 1.00 bits per heavy atom. The summed E-state index contributed by atoms with van der Waals surface area (Å²) in [5.74, 6) is 0.109. The van der Waals surface area contributed by atoms with Crippen molar-refractivity contribution in [2.45, 2.75) is 12.5 Å². The summed E-state index contributed by atoms with van der Waals surface area (Å²) in [5, 5.41) is 0. The number of fused-ring (bicyclic) bond motifs is 4. The summed E-state index contributed by atoms with van der Waals surface area (Å²) < 4.78 is 0. The molecule has 0 bridgehead atoms. The minimum absolute atomic E-state index is 0.109. The molecule has 0 N–H and O–H groups in total. The molecular weight excluding hydrogens is 234 g/mol. The van der Waals surface area contributed by atoms with Crippen molar-refractivity contribution < 1.29 is 4.79 Å². The molecule has 1 amide bonds. The van der Waals surface area contributed by atoms with Crippen LogP contribution in [0.5, 0.6) is 0 Å². The molecule has 92 valence electrons. The van der Waals surface area contributed by atoms with Crippen LogP contribution in [0.15, 0.2) is 54.7 Å². The fourth-order valence-corrected chi connectivity index (χ4v) is 3.05. The van der Waals surface area contributed by atoms with Crippen LogP contribution in [0.3, 0.4) is 0 Å². The van der Waals surface area contributed by atoms with Crippen molar-refractivity contribution in [2.75, 3.05) is 0 Å². The molecule has 2 aromatic rings. The quantitative estimate of drug-likeness (QED) is 0.698. The second-order valence-electron chi connectivity index (χ2n) is 5.03. The number of carbonyl (C=O) groups is 1. The molecule has 2 nitrogen and oxygen atoms in total. The highest BCUT2D eigenvalue weighted by Crippen LogP contribution is 2.37. The SMILES string of the molecule is O=C1c2ccccc2CC2c3ccccc3C=CN12. The summed E-state index contributed by atoms with van der Waals surface area (Å²) in [6.45, 7) is 0. The molecule has 2 aliphatic rings. The van der Waals surface area contributed by atoms with E-state index in [0.29, 0.717) is 0 Å². The number of nitrogens with zero attached hydrogens (tertiary/aromatic N) is 1. The van der Waals surface area contributed by atoms with E-state index in [2.05, 4.69) is 18.2 Å². The Kier molecular flexibility index (Phi) is 2.12. The van der Waals surface area contributed by atoms with Gasteiger partial charge >= 0.3 is 0 Å². The van der Waals surface area contributed by atoms with Crippen LogP contribution in [0.1, 0.15) is 33.1 Å². The maximum absolute atomic E-state index is 12.5. The highest BCUT2D eigenvalue weighted by molar-refractivity contribution is 5.98. The highest BCUT2D eigenvalue weighted by atomic mass is 16.2. The van der Waals surface area contributed by atoms with Gasteiger partial charge in [-0.05, 0) is 35.3 Å². The molecule has 0 aliphatic carbocycles. The molecule has 1 atom stereocenters. The Morgan fingerprint density at radius 2 is 1.79 bits per heavy atom. The first-order chi connectivity index (χ1) is 9.34. The van der Waals surface area contributed by atoms with Crippen molar-refractivity contribution in [2.24, 2.45) is 0 Å². The van der Waals surface area contributed by atoms with Crippen molar-refractivity contribution in [3.8, 4) is 0 Å². The molecular formula is C17H13NO. The van der Waals surface area contributed by atoms with Gasteiger partial charge in [-0.2, -0.15) is 0 Å². The fourth-order valence-electron chi connectivity index (χ4n) is 3.05. The van der Waals surface area contributed by atoms with Crippen LogP contribution in [-0.2, 0) is 6.42 Å². The van der Waals surface area contributed by atoms with Crippen molar-refractivity contribution in [3.05, 3.63) is 77.0 Å². The van der Waals surface area contributed by atoms with Crippen LogP contribution >= 0.6 is 0 Å². The second-order valence-corrected chi connectivity index (χ2v) is 5.03. The number of hydrogen-bond acceptors (Lipinski definition) is 1. The Hall–Kier alpha value is -2.35. The minimum Gasteiger partial charge on any atom is -0.307 e. The standard InChI is InChI=1S/C17H13NO/c19-17-15-8-4-2-6-13(15)11-16-14-7-3-1-5-12(14)9-10-18(16)17/h1-10,16H,11H2. The molecule has 4 rings (SSSR count). The molecule has 2 heterocycles. The van der Waals surface area contributed by atoms with Gasteiger partial charge in [0.2, 0.25) is 0 Å². The van der Waals surface area contributed by atoms with Crippen molar-refractivity contribution in [1.82, 2.24) is 4.90 Å². The number of hydrogen-bond donors (Lipinski definition) is 0. The second kappa shape index (κ2) is 3.82.